The number of aryl methyl sites for hydroxylation is 1. The van der Waals surface area contributed by atoms with Crippen molar-refractivity contribution < 1.29 is 9.15 Å². The number of rotatable bonds is 7. The van der Waals surface area contributed by atoms with E-state index in [1.54, 1.807) is 0 Å². The van der Waals surface area contributed by atoms with E-state index in [1.165, 1.54) is 6.42 Å². The highest BCUT2D eigenvalue weighted by atomic mass is 16.5. The van der Waals surface area contributed by atoms with Crippen LogP contribution in [0.1, 0.15) is 17.9 Å². The van der Waals surface area contributed by atoms with Crippen LogP contribution >= 0.6 is 0 Å². The van der Waals surface area contributed by atoms with Crippen LogP contribution in [0.15, 0.2) is 16.5 Å². The molecule has 1 aromatic heterocycles. The molecule has 19 heavy (non-hydrogen) atoms. The van der Waals surface area contributed by atoms with Gasteiger partial charge in [-0.2, -0.15) is 0 Å². The minimum absolute atomic E-state index is 0.679. The lowest BCUT2D eigenvalue weighted by atomic mass is 10.1. The number of ether oxygens (including phenoxy) is 1. The number of furan rings is 1. The molecule has 2 rings (SSSR count). The molecule has 1 unspecified atom stereocenters. The van der Waals surface area contributed by atoms with Gasteiger partial charge in [0, 0.05) is 26.2 Å². The highest BCUT2D eigenvalue weighted by molar-refractivity contribution is 5.05. The highest BCUT2D eigenvalue weighted by Gasteiger charge is 2.20. The first-order valence-electron chi connectivity index (χ1n) is 7.13. The zero-order chi connectivity index (χ0) is 13.7. The minimum atomic E-state index is 0.679. The molecule has 0 amide bonds. The van der Waals surface area contributed by atoms with Gasteiger partial charge in [0.1, 0.15) is 11.5 Å². The second-order valence-electron chi connectivity index (χ2n) is 5.78. The highest BCUT2D eigenvalue weighted by Crippen LogP contribution is 2.16. The van der Waals surface area contributed by atoms with Crippen LogP contribution in [0.5, 0.6) is 0 Å². The first-order chi connectivity index (χ1) is 9.13. The third kappa shape index (κ3) is 4.97. The first kappa shape index (κ1) is 14.6. The standard InChI is InChI=1S/C15H26N2O2/c1-13-4-5-15(19-13)11-17(8-7-16(2)3)10-14-6-9-18-12-14/h4-5,14H,6-12H2,1-3H3. The second kappa shape index (κ2) is 7.08. The third-order valence-corrected chi connectivity index (χ3v) is 3.58. The minimum Gasteiger partial charge on any atom is -0.465 e. The molecule has 0 saturated carbocycles. The summed E-state index contributed by atoms with van der Waals surface area (Å²) in [5, 5.41) is 0. The molecule has 0 N–H and O–H groups in total. The van der Waals surface area contributed by atoms with Gasteiger partial charge < -0.3 is 14.1 Å². The fourth-order valence-electron chi connectivity index (χ4n) is 2.46. The van der Waals surface area contributed by atoms with Crippen molar-refractivity contribution in [3.63, 3.8) is 0 Å². The molecule has 2 heterocycles. The summed E-state index contributed by atoms with van der Waals surface area (Å²) in [7, 11) is 4.24. The Morgan fingerprint density at radius 2 is 2.11 bits per heavy atom. The summed E-state index contributed by atoms with van der Waals surface area (Å²) in [6.45, 7) is 7.99. The van der Waals surface area contributed by atoms with E-state index in [0.29, 0.717) is 5.92 Å². The fourth-order valence-corrected chi connectivity index (χ4v) is 2.46. The van der Waals surface area contributed by atoms with Crippen LogP contribution in [-0.2, 0) is 11.3 Å². The Morgan fingerprint density at radius 1 is 1.26 bits per heavy atom. The number of hydrogen-bond donors (Lipinski definition) is 0. The van der Waals surface area contributed by atoms with Crippen molar-refractivity contribution in [3.8, 4) is 0 Å². The van der Waals surface area contributed by atoms with E-state index in [9.17, 15) is 0 Å². The lowest BCUT2D eigenvalue weighted by Crippen LogP contribution is -2.35. The van der Waals surface area contributed by atoms with E-state index in [2.05, 4.69) is 30.0 Å². The van der Waals surface area contributed by atoms with Gasteiger partial charge in [0.25, 0.3) is 0 Å². The van der Waals surface area contributed by atoms with E-state index in [0.717, 1.165) is 50.9 Å². The van der Waals surface area contributed by atoms with Crippen molar-refractivity contribution in [1.29, 1.82) is 0 Å². The van der Waals surface area contributed by atoms with Crippen molar-refractivity contribution in [2.75, 3.05) is 46.9 Å². The molecule has 1 saturated heterocycles. The van der Waals surface area contributed by atoms with Crippen LogP contribution in [-0.4, -0.2) is 56.7 Å². The van der Waals surface area contributed by atoms with Gasteiger partial charge in [-0.25, -0.2) is 0 Å². The predicted octanol–water partition coefficient (Wildman–Crippen LogP) is 1.99. The van der Waals surface area contributed by atoms with Crippen LogP contribution < -0.4 is 0 Å². The van der Waals surface area contributed by atoms with Crippen molar-refractivity contribution in [2.45, 2.75) is 19.9 Å². The topological polar surface area (TPSA) is 28.9 Å². The summed E-state index contributed by atoms with van der Waals surface area (Å²) in [6.07, 6.45) is 1.19. The van der Waals surface area contributed by atoms with Crippen molar-refractivity contribution >= 4 is 0 Å². The molecular formula is C15H26N2O2. The van der Waals surface area contributed by atoms with Gasteiger partial charge in [-0.1, -0.05) is 0 Å². The SMILES string of the molecule is Cc1ccc(CN(CCN(C)C)CC2CCOC2)o1. The quantitative estimate of drug-likeness (QED) is 0.754. The monoisotopic (exact) mass is 266 g/mol. The maximum absolute atomic E-state index is 5.70. The Morgan fingerprint density at radius 3 is 2.68 bits per heavy atom. The molecule has 1 atom stereocenters. The molecular weight excluding hydrogens is 240 g/mol. The molecule has 108 valence electrons. The van der Waals surface area contributed by atoms with Crippen LogP contribution in [0.3, 0.4) is 0 Å². The van der Waals surface area contributed by atoms with Gasteiger partial charge in [0.15, 0.2) is 0 Å². The Kier molecular flexibility index (Phi) is 5.43. The van der Waals surface area contributed by atoms with E-state index < -0.39 is 0 Å². The zero-order valence-corrected chi connectivity index (χ0v) is 12.4. The molecule has 1 aromatic rings. The van der Waals surface area contributed by atoms with Gasteiger partial charge in [-0.15, -0.1) is 0 Å². The van der Waals surface area contributed by atoms with Gasteiger partial charge in [-0.05, 0) is 45.5 Å². The summed E-state index contributed by atoms with van der Waals surface area (Å²) in [4.78, 5) is 4.71. The van der Waals surface area contributed by atoms with E-state index in [4.69, 9.17) is 9.15 Å². The second-order valence-corrected chi connectivity index (χ2v) is 5.78. The number of hydrogen-bond acceptors (Lipinski definition) is 4. The van der Waals surface area contributed by atoms with Crippen molar-refractivity contribution in [3.05, 3.63) is 23.7 Å². The average molecular weight is 266 g/mol. The largest absolute Gasteiger partial charge is 0.465 e. The molecule has 0 radical (unpaired) electrons. The molecule has 4 heteroatoms. The smallest absolute Gasteiger partial charge is 0.118 e. The first-order valence-corrected chi connectivity index (χ1v) is 7.13. The zero-order valence-electron chi connectivity index (χ0n) is 12.4. The van der Waals surface area contributed by atoms with E-state index >= 15 is 0 Å². The van der Waals surface area contributed by atoms with Crippen molar-refractivity contribution in [1.82, 2.24) is 9.80 Å². The number of likely N-dealkylation sites (N-methyl/N-ethyl adjacent to an activating group) is 1. The lowest BCUT2D eigenvalue weighted by Gasteiger charge is -2.25. The molecule has 0 aromatic carbocycles. The van der Waals surface area contributed by atoms with Gasteiger partial charge in [-0.3, -0.25) is 4.90 Å². The molecule has 1 aliphatic heterocycles. The van der Waals surface area contributed by atoms with Crippen LogP contribution in [0.4, 0.5) is 0 Å². The van der Waals surface area contributed by atoms with Crippen LogP contribution in [0.25, 0.3) is 0 Å². The molecule has 0 bridgehead atoms. The molecule has 0 spiro atoms. The normalized spacial score (nSPS) is 19.7. The van der Waals surface area contributed by atoms with E-state index in [1.807, 2.05) is 13.0 Å². The van der Waals surface area contributed by atoms with Gasteiger partial charge in [0.05, 0.1) is 13.2 Å². The Labute approximate surface area is 116 Å². The summed E-state index contributed by atoms with van der Waals surface area (Å²) in [6, 6.07) is 4.13. The third-order valence-electron chi connectivity index (χ3n) is 3.58. The molecule has 1 aliphatic rings. The lowest BCUT2D eigenvalue weighted by molar-refractivity contribution is 0.154. The Balaban J connectivity index is 1.88. The summed E-state index contributed by atoms with van der Waals surface area (Å²) < 4.78 is 11.2. The van der Waals surface area contributed by atoms with Crippen LogP contribution in [0.2, 0.25) is 0 Å². The fraction of sp³-hybridized carbons (Fsp3) is 0.733. The van der Waals surface area contributed by atoms with Crippen molar-refractivity contribution in [2.24, 2.45) is 5.92 Å². The van der Waals surface area contributed by atoms with Gasteiger partial charge >= 0.3 is 0 Å². The Bertz CT molecular complexity index is 370. The van der Waals surface area contributed by atoms with E-state index in [-0.39, 0.29) is 0 Å². The molecule has 4 nitrogen and oxygen atoms in total. The summed E-state index contributed by atoms with van der Waals surface area (Å²) >= 11 is 0. The average Bonchev–Trinajstić information content (AvgIpc) is 2.98. The van der Waals surface area contributed by atoms with Crippen LogP contribution in [0, 0.1) is 12.8 Å². The maximum Gasteiger partial charge on any atom is 0.118 e. The maximum atomic E-state index is 5.70. The van der Waals surface area contributed by atoms with Gasteiger partial charge in [0.2, 0.25) is 0 Å². The number of nitrogens with zero attached hydrogens (tertiary/aromatic N) is 2. The summed E-state index contributed by atoms with van der Waals surface area (Å²) in [5.74, 6) is 2.74. The molecule has 1 fully saturated rings. The summed E-state index contributed by atoms with van der Waals surface area (Å²) in [5.41, 5.74) is 0. The Hall–Kier alpha value is -0.840. The molecule has 0 aliphatic carbocycles. The predicted molar refractivity (Wildman–Crippen MR) is 76.2 cm³/mol.